The van der Waals surface area contributed by atoms with E-state index in [1.165, 1.54) is 9.80 Å². The summed E-state index contributed by atoms with van der Waals surface area (Å²) in [5.74, 6) is -4.29. The zero-order chi connectivity index (χ0) is 25.7. The molecule has 3 saturated heterocycles. The van der Waals surface area contributed by atoms with Gasteiger partial charge in [0.2, 0.25) is 5.91 Å². The lowest BCUT2D eigenvalue weighted by molar-refractivity contribution is -0.151. The molecule has 8 nitrogen and oxygen atoms in total. The molecular weight excluding hydrogens is 540 g/mol. The van der Waals surface area contributed by atoms with Crippen molar-refractivity contribution in [2.75, 3.05) is 18.1 Å². The molecule has 2 amide bonds. The van der Waals surface area contributed by atoms with Crippen LogP contribution in [0.1, 0.15) is 26.7 Å². The second kappa shape index (κ2) is 9.84. The number of benzene rings is 1. The highest BCUT2D eigenvalue weighted by Gasteiger charge is 2.77. The van der Waals surface area contributed by atoms with Crippen molar-refractivity contribution in [3.05, 3.63) is 41.9 Å². The van der Waals surface area contributed by atoms with Gasteiger partial charge in [-0.3, -0.25) is 14.4 Å². The molecule has 2 N–H and O–H groups in total. The minimum atomic E-state index is -1.34. The van der Waals surface area contributed by atoms with Crippen LogP contribution in [0.5, 0.6) is 0 Å². The van der Waals surface area contributed by atoms with Crippen LogP contribution >= 0.6 is 27.5 Å². The summed E-state index contributed by atoms with van der Waals surface area (Å²) in [6.45, 7) is 7.38. The third-order valence-corrected chi connectivity index (χ3v) is 8.98. The third kappa shape index (κ3) is 3.91. The van der Waals surface area contributed by atoms with E-state index < -0.39 is 53.4 Å². The summed E-state index contributed by atoms with van der Waals surface area (Å²) in [5, 5.41) is 20.7. The molecule has 35 heavy (non-hydrogen) atoms. The number of likely N-dealkylation sites (tertiary alicyclic amines) is 1. The minimum absolute atomic E-state index is 0.124. The first-order chi connectivity index (χ1) is 16.6. The number of alkyl halides is 1. The quantitative estimate of drug-likeness (QED) is 0.350. The van der Waals surface area contributed by atoms with Gasteiger partial charge in [-0.15, -0.1) is 6.58 Å². The minimum Gasteiger partial charge on any atom is -0.481 e. The number of anilines is 1. The topological polar surface area (TPSA) is 107 Å². The maximum atomic E-state index is 14.4. The van der Waals surface area contributed by atoms with Crippen LogP contribution in [0.25, 0.3) is 0 Å². The van der Waals surface area contributed by atoms with Gasteiger partial charge in [-0.05, 0) is 24.5 Å². The molecule has 0 aliphatic carbocycles. The van der Waals surface area contributed by atoms with Crippen LogP contribution < -0.4 is 4.90 Å². The van der Waals surface area contributed by atoms with Crippen molar-refractivity contribution in [3.8, 4) is 0 Å². The Balaban J connectivity index is 1.89. The molecule has 4 rings (SSSR count). The number of aliphatic hydroxyl groups excluding tert-OH is 1. The average Bonchev–Trinajstić information content (AvgIpc) is 3.42. The first kappa shape index (κ1) is 26.1. The number of carboxylic acid groups (broad SMARTS) is 1. The Morgan fingerprint density at radius 3 is 2.69 bits per heavy atom. The van der Waals surface area contributed by atoms with Gasteiger partial charge in [-0.25, -0.2) is 0 Å². The van der Waals surface area contributed by atoms with Crippen LogP contribution in [0, 0.1) is 17.8 Å². The van der Waals surface area contributed by atoms with Gasteiger partial charge in [0.05, 0.1) is 41.3 Å². The summed E-state index contributed by atoms with van der Waals surface area (Å²) >= 11 is 9.99. The summed E-state index contributed by atoms with van der Waals surface area (Å²) in [6, 6.07) is 5.08. The van der Waals surface area contributed by atoms with Gasteiger partial charge in [-0.2, -0.15) is 0 Å². The number of carbonyl (C=O) groups is 3. The molecule has 3 fully saturated rings. The molecule has 3 heterocycles. The Morgan fingerprint density at radius 2 is 2.11 bits per heavy atom. The first-order valence-electron chi connectivity index (χ1n) is 11.8. The molecule has 8 atom stereocenters. The molecule has 0 saturated carbocycles. The fourth-order valence-corrected chi connectivity index (χ4v) is 7.24. The number of hydrogen-bond donors (Lipinski definition) is 2. The maximum Gasteiger partial charge on any atom is 0.310 e. The molecule has 1 aromatic rings. The van der Waals surface area contributed by atoms with Crippen molar-refractivity contribution in [2.24, 2.45) is 17.8 Å². The average molecular weight is 570 g/mol. The van der Waals surface area contributed by atoms with E-state index in [1.54, 1.807) is 30.3 Å². The summed E-state index contributed by atoms with van der Waals surface area (Å²) in [7, 11) is 0. The predicted octanol–water partition coefficient (Wildman–Crippen LogP) is 3.10. The number of para-hydroxylation sites is 1. The summed E-state index contributed by atoms with van der Waals surface area (Å²) in [5.41, 5.74) is -0.884. The molecule has 3 aliphatic rings. The number of rotatable bonds is 9. The van der Waals surface area contributed by atoms with Crippen LogP contribution in [-0.4, -0.2) is 74.7 Å². The number of carbonyl (C=O) groups excluding carboxylic acids is 2. The summed E-state index contributed by atoms with van der Waals surface area (Å²) in [6.07, 6.45) is 1.79. The predicted molar refractivity (Wildman–Crippen MR) is 135 cm³/mol. The number of aliphatic carboxylic acids is 1. The standard InChI is InChI=1S/C25H30BrClN2O6/c1-4-10-28(16-9-7-6-8-15(16)27)23(32)21-25-11-14(26)20(35-25)18(24(33)34)19(25)22(31)29(21)17(12-30)13(3)5-2/h4,6-9,13-14,17-21,30H,1,5,10-12H2,2-3H3,(H,33,34)/t13-,14?,17-,18+,19-,20+,21?,25?/m0/s1. The van der Waals surface area contributed by atoms with Gasteiger partial charge in [-0.1, -0.05) is 66.0 Å². The number of amides is 2. The van der Waals surface area contributed by atoms with E-state index in [0.29, 0.717) is 23.6 Å². The van der Waals surface area contributed by atoms with Gasteiger partial charge in [0.25, 0.3) is 5.91 Å². The zero-order valence-corrected chi connectivity index (χ0v) is 22.0. The number of hydrogen-bond acceptors (Lipinski definition) is 5. The Kier molecular flexibility index (Phi) is 7.35. The van der Waals surface area contributed by atoms with Crippen LogP contribution in [0.4, 0.5) is 5.69 Å². The number of nitrogens with zero attached hydrogens (tertiary/aromatic N) is 2. The van der Waals surface area contributed by atoms with Crippen LogP contribution in [-0.2, 0) is 19.1 Å². The third-order valence-electron chi connectivity index (χ3n) is 7.81. The highest BCUT2D eigenvalue weighted by Crippen LogP contribution is 2.60. The molecule has 0 radical (unpaired) electrons. The second-order valence-electron chi connectivity index (χ2n) is 9.57. The number of carboxylic acids is 1. The second-order valence-corrected chi connectivity index (χ2v) is 11.2. The van der Waals surface area contributed by atoms with Crippen molar-refractivity contribution in [1.29, 1.82) is 0 Å². The molecule has 3 unspecified atom stereocenters. The Hall–Kier alpha value is -1.94. The highest BCUT2D eigenvalue weighted by molar-refractivity contribution is 9.09. The number of halogens is 2. The van der Waals surface area contributed by atoms with Crippen molar-refractivity contribution in [3.63, 3.8) is 0 Å². The largest absolute Gasteiger partial charge is 0.481 e. The van der Waals surface area contributed by atoms with Crippen molar-refractivity contribution in [2.45, 2.75) is 55.3 Å². The molecule has 1 aromatic carbocycles. The Labute approximate surface area is 218 Å². The highest BCUT2D eigenvalue weighted by atomic mass is 79.9. The Morgan fingerprint density at radius 1 is 1.43 bits per heavy atom. The first-order valence-corrected chi connectivity index (χ1v) is 13.1. The number of aliphatic hydroxyl groups is 1. The van der Waals surface area contributed by atoms with Gasteiger partial charge < -0.3 is 24.7 Å². The lowest BCUT2D eigenvalue weighted by Gasteiger charge is -2.41. The number of ether oxygens (including phenoxy) is 1. The maximum absolute atomic E-state index is 14.4. The van der Waals surface area contributed by atoms with Crippen molar-refractivity contribution >= 4 is 51.0 Å². The summed E-state index contributed by atoms with van der Waals surface area (Å²) < 4.78 is 6.33. The van der Waals surface area contributed by atoms with E-state index in [-0.39, 0.29) is 23.9 Å². The van der Waals surface area contributed by atoms with Crippen molar-refractivity contribution < 1.29 is 29.3 Å². The molecular formula is C25H30BrClN2O6. The van der Waals surface area contributed by atoms with Crippen LogP contribution in [0.3, 0.4) is 0 Å². The Bertz CT molecular complexity index is 1040. The van der Waals surface area contributed by atoms with E-state index in [4.69, 9.17) is 16.3 Å². The van der Waals surface area contributed by atoms with E-state index in [2.05, 4.69) is 22.5 Å². The summed E-state index contributed by atoms with van der Waals surface area (Å²) in [4.78, 5) is 43.2. The van der Waals surface area contributed by atoms with E-state index in [0.717, 1.165) is 0 Å². The van der Waals surface area contributed by atoms with Gasteiger partial charge in [0, 0.05) is 11.4 Å². The SMILES string of the molecule is C=CCN(C(=O)C1N([C@@H](CO)[C@@H](C)CC)C(=O)[C@@H]2[C@@H](C(=O)O)[C@@H]3OC12CC3Br)c1ccccc1Cl. The van der Waals surface area contributed by atoms with Gasteiger partial charge >= 0.3 is 5.97 Å². The molecule has 2 bridgehead atoms. The molecule has 0 aromatic heterocycles. The lowest BCUT2D eigenvalue weighted by atomic mass is 9.70. The fraction of sp³-hybridized carbons (Fsp3) is 0.560. The smallest absolute Gasteiger partial charge is 0.310 e. The zero-order valence-electron chi connectivity index (χ0n) is 19.6. The molecule has 3 aliphatic heterocycles. The number of fused-ring (bicyclic) bond motifs is 1. The fourth-order valence-electron chi connectivity index (χ4n) is 6.05. The van der Waals surface area contributed by atoms with Crippen molar-refractivity contribution in [1.82, 2.24) is 4.90 Å². The monoisotopic (exact) mass is 568 g/mol. The van der Waals surface area contributed by atoms with Gasteiger partial charge in [0.1, 0.15) is 11.6 Å². The van der Waals surface area contributed by atoms with Crippen LogP contribution in [0.2, 0.25) is 5.02 Å². The van der Waals surface area contributed by atoms with E-state index in [9.17, 15) is 24.6 Å². The van der Waals surface area contributed by atoms with Crippen LogP contribution in [0.15, 0.2) is 36.9 Å². The molecule has 1 spiro atoms. The van der Waals surface area contributed by atoms with Gasteiger partial charge in [0.15, 0.2) is 0 Å². The lowest BCUT2D eigenvalue weighted by Crippen LogP contribution is -2.60. The molecule has 10 heteroatoms. The normalized spacial score (nSPS) is 32.9. The molecule has 190 valence electrons. The van der Waals surface area contributed by atoms with E-state index >= 15 is 0 Å². The van der Waals surface area contributed by atoms with E-state index in [1.807, 2.05) is 13.8 Å².